The van der Waals surface area contributed by atoms with E-state index in [0.29, 0.717) is 13.1 Å². The number of hydrogen-bond donors (Lipinski definition) is 1. The molecular formula is C9H18N2O3S. The minimum atomic E-state index is -3.33. The monoisotopic (exact) mass is 234 g/mol. The number of rotatable bonds is 7. The van der Waals surface area contributed by atoms with Crippen molar-refractivity contribution in [3.8, 4) is 0 Å². The molecule has 1 amide bonds. The van der Waals surface area contributed by atoms with Gasteiger partial charge in [-0.05, 0) is 14.1 Å². The Morgan fingerprint density at radius 1 is 1.47 bits per heavy atom. The molecule has 0 aromatic carbocycles. The Hall–Kier alpha value is -0.880. The summed E-state index contributed by atoms with van der Waals surface area (Å²) >= 11 is 0. The average molecular weight is 234 g/mol. The number of amides is 1. The highest BCUT2D eigenvalue weighted by molar-refractivity contribution is 7.92. The van der Waals surface area contributed by atoms with Crippen LogP contribution in [0.15, 0.2) is 12.7 Å². The van der Waals surface area contributed by atoms with Crippen molar-refractivity contribution in [3.05, 3.63) is 12.7 Å². The summed E-state index contributed by atoms with van der Waals surface area (Å²) in [6, 6.07) is 0. The molecular weight excluding hydrogens is 216 g/mol. The highest BCUT2D eigenvalue weighted by atomic mass is 32.2. The van der Waals surface area contributed by atoms with Crippen LogP contribution in [0.2, 0.25) is 0 Å². The van der Waals surface area contributed by atoms with Crippen LogP contribution in [-0.4, -0.2) is 57.9 Å². The molecule has 0 radical (unpaired) electrons. The molecule has 0 aliphatic rings. The van der Waals surface area contributed by atoms with Crippen molar-refractivity contribution in [2.75, 3.05) is 38.7 Å². The first-order valence-electron chi connectivity index (χ1n) is 4.60. The molecule has 0 spiro atoms. The van der Waals surface area contributed by atoms with Crippen molar-refractivity contribution in [3.63, 3.8) is 0 Å². The highest BCUT2D eigenvalue weighted by Crippen LogP contribution is 1.90. The smallest absolute Gasteiger partial charge is 0.235 e. The van der Waals surface area contributed by atoms with Crippen LogP contribution in [0.25, 0.3) is 0 Å². The van der Waals surface area contributed by atoms with E-state index < -0.39 is 21.5 Å². The molecule has 88 valence electrons. The summed E-state index contributed by atoms with van der Waals surface area (Å²) in [5.74, 6) is -1.08. The quantitative estimate of drug-likeness (QED) is 0.590. The largest absolute Gasteiger partial charge is 0.354 e. The van der Waals surface area contributed by atoms with Gasteiger partial charge in [0.25, 0.3) is 0 Å². The van der Waals surface area contributed by atoms with Crippen molar-refractivity contribution in [1.82, 2.24) is 10.2 Å². The molecule has 6 heteroatoms. The van der Waals surface area contributed by atoms with Crippen molar-refractivity contribution < 1.29 is 13.2 Å². The van der Waals surface area contributed by atoms with E-state index in [-0.39, 0.29) is 5.75 Å². The first-order valence-corrected chi connectivity index (χ1v) is 6.42. The van der Waals surface area contributed by atoms with E-state index >= 15 is 0 Å². The van der Waals surface area contributed by atoms with Gasteiger partial charge in [0.15, 0.2) is 9.84 Å². The summed E-state index contributed by atoms with van der Waals surface area (Å²) in [6.07, 6.45) is 1.28. The van der Waals surface area contributed by atoms with Gasteiger partial charge in [-0.1, -0.05) is 6.08 Å². The number of nitrogens with one attached hydrogen (secondary N) is 1. The second kappa shape index (κ2) is 6.58. The Kier molecular flexibility index (Phi) is 6.19. The Balaban J connectivity index is 3.89. The Morgan fingerprint density at radius 2 is 2.07 bits per heavy atom. The van der Waals surface area contributed by atoms with E-state index in [1.807, 2.05) is 19.0 Å². The number of carbonyl (C=O) groups is 1. The fourth-order valence-corrected chi connectivity index (χ4v) is 1.89. The lowest BCUT2D eigenvalue weighted by molar-refractivity contribution is -0.118. The first kappa shape index (κ1) is 14.1. The number of likely N-dealkylation sites (N-methyl/N-ethyl adjacent to an activating group) is 1. The summed E-state index contributed by atoms with van der Waals surface area (Å²) in [5, 5.41) is 2.53. The predicted octanol–water partition coefficient (Wildman–Crippen LogP) is -0.735. The van der Waals surface area contributed by atoms with Crippen LogP contribution in [0.5, 0.6) is 0 Å². The zero-order valence-corrected chi connectivity index (χ0v) is 10.0. The van der Waals surface area contributed by atoms with Gasteiger partial charge in [0.05, 0.1) is 5.75 Å². The second-order valence-electron chi connectivity index (χ2n) is 3.50. The predicted molar refractivity (Wildman–Crippen MR) is 60.4 cm³/mol. The van der Waals surface area contributed by atoms with Gasteiger partial charge < -0.3 is 10.2 Å². The summed E-state index contributed by atoms with van der Waals surface area (Å²) in [5.41, 5.74) is 0. The maximum Gasteiger partial charge on any atom is 0.235 e. The third-order valence-electron chi connectivity index (χ3n) is 1.60. The molecule has 5 nitrogen and oxygen atoms in total. The average Bonchev–Trinajstić information content (AvgIpc) is 2.01. The van der Waals surface area contributed by atoms with E-state index in [9.17, 15) is 13.2 Å². The summed E-state index contributed by atoms with van der Waals surface area (Å²) in [7, 11) is 0.426. The van der Waals surface area contributed by atoms with Gasteiger partial charge in [-0.2, -0.15) is 0 Å². The topological polar surface area (TPSA) is 66.5 Å². The maximum atomic E-state index is 11.2. The minimum absolute atomic E-state index is 0.159. The SMILES string of the molecule is C=CCS(=O)(=O)CC(=O)NCCN(C)C. The number of carbonyl (C=O) groups excluding carboxylic acids is 1. The fraction of sp³-hybridized carbons (Fsp3) is 0.667. The third kappa shape index (κ3) is 8.14. The van der Waals surface area contributed by atoms with E-state index in [1.54, 1.807) is 0 Å². The molecule has 0 saturated heterocycles. The summed E-state index contributed by atoms with van der Waals surface area (Å²) in [6.45, 7) is 4.46. The molecule has 0 unspecified atom stereocenters. The van der Waals surface area contributed by atoms with Gasteiger partial charge in [-0.25, -0.2) is 8.42 Å². The summed E-state index contributed by atoms with van der Waals surface area (Å²) < 4.78 is 22.4. The molecule has 0 bridgehead atoms. The maximum absolute atomic E-state index is 11.2. The van der Waals surface area contributed by atoms with Gasteiger partial charge in [0, 0.05) is 13.1 Å². The lowest BCUT2D eigenvalue weighted by Gasteiger charge is -2.10. The zero-order valence-electron chi connectivity index (χ0n) is 9.19. The van der Waals surface area contributed by atoms with Crippen LogP contribution >= 0.6 is 0 Å². The fourth-order valence-electron chi connectivity index (χ4n) is 0.908. The summed E-state index contributed by atoms with van der Waals surface area (Å²) in [4.78, 5) is 13.1. The van der Waals surface area contributed by atoms with Crippen LogP contribution in [-0.2, 0) is 14.6 Å². The molecule has 0 aromatic heterocycles. The van der Waals surface area contributed by atoms with Crippen molar-refractivity contribution >= 4 is 15.7 Å². The number of nitrogens with zero attached hydrogens (tertiary/aromatic N) is 1. The van der Waals surface area contributed by atoms with E-state index in [2.05, 4.69) is 11.9 Å². The normalized spacial score (nSPS) is 11.4. The number of sulfone groups is 1. The van der Waals surface area contributed by atoms with Crippen molar-refractivity contribution in [2.45, 2.75) is 0 Å². The molecule has 0 aromatic rings. The van der Waals surface area contributed by atoms with E-state index in [0.717, 1.165) is 0 Å². The third-order valence-corrected chi connectivity index (χ3v) is 3.05. The minimum Gasteiger partial charge on any atom is -0.354 e. The molecule has 0 saturated carbocycles. The first-order chi connectivity index (χ1) is 6.87. The van der Waals surface area contributed by atoms with Gasteiger partial charge in [0.1, 0.15) is 5.75 Å². The standard InChI is InChI=1S/C9H18N2O3S/c1-4-7-15(13,14)8-9(12)10-5-6-11(2)3/h4H,1,5-8H2,2-3H3,(H,10,12). The van der Waals surface area contributed by atoms with E-state index in [4.69, 9.17) is 0 Å². The van der Waals surface area contributed by atoms with Crippen LogP contribution in [0, 0.1) is 0 Å². The van der Waals surface area contributed by atoms with Gasteiger partial charge >= 0.3 is 0 Å². The Morgan fingerprint density at radius 3 is 2.53 bits per heavy atom. The Labute approximate surface area is 91.1 Å². The lowest BCUT2D eigenvalue weighted by atomic mass is 10.5. The van der Waals surface area contributed by atoms with E-state index in [1.165, 1.54) is 6.08 Å². The molecule has 1 N–H and O–H groups in total. The van der Waals surface area contributed by atoms with Crippen LogP contribution in [0.4, 0.5) is 0 Å². The van der Waals surface area contributed by atoms with Gasteiger partial charge in [-0.3, -0.25) is 4.79 Å². The Bertz CT molecular complexity index is 309. The lowest BCUT2D eigenvalue weighted by Crippen LogP contribution is -2.35. The van der Waals surface area contributed by atoms with Crippen LogP contribution in [0.3, 0.4) is 0 Å². The molecule has 0 heterocycles. The van der Waals surface area contributed by atoms with Gasteiger partial charge in [-0.15, -0.1) is 6.58 Å². The van der Waals surface area contributed by atoms with Crippen LogP contribution in [0.1, 0.15) is 0 Å². The van der Waals surface area contributed by atoms with Gasteiger partial charge in [0.2, 0.25) is 5.91 Å². The molecule has 0 rings (SSSR count). The molecule has 0 aliphatic carbocycles. The molecule has 0 fully saturated rings. The second-order valence-corrected chi connectivity index (χ2v) is 5.61. The van der Waals surface area contributed by atoms with Crippen molar-refractivity contribution in [1.29, 1.82) is 0 Å². The zero-order chi connectivity index (χ0) is 11.9. The van der Waals surface area contributed by atoms with Crippen molar-refractivity contribution in [2.24, 2.45) is 0 Å². The molecule has 0 atom stereocenters. The molecule has 15 heavy (non-hydrogen) atoms. The van der Waals surface area contributed by atoms with Crippen LogP contribution < -0.4 is 5.32 Å². The number of hydrogen-bond acceptors (Lipinski definition) is 4. The highest BCUT2D eigenvalue weighted by Gasteiger charge is 2.14. The molecule has 0 aliphatic heterocycles.